The molecule has 0 fully saturated rings. The molecule has 31 heavy (non-hydrogen) atoms. The van der Waals surface area contributed by atoms with Crippen LogP contribution in [-0.4, -0.2) is 28.1 Å². The van der Waals surface area contributed by atoms with Gasteiger partial charge in [-0.1, -0.05) is 32.0 Å². The van der Waals surface area contributed by atoms with Crippen LogP contribution in [0.15, 0.2) is 79.0 Å². The van der Waals surface area contributed by atoms with E-state index in [9.17, 15) is 5.11 Å². The highest BCUT2D eigenvalue weighted by molar-refractivity contribution is 5.95. The molecule has 3 aromatic carbocycles. The van der Waals surface area contributed by atoms with E-state index in [0.717, 1.165) is 58.9 Å². The summed E-state index contributed by atoms with van der Waals surface area (Å²) in [5.74, 6) is 0.325. The number of phenols is 1. The minimum Gasteiger partial charge on any atom is -0.508 e. The second kappa shape index (κ2) is 9.49. The van der Waals surface area contributed by atoms with Gasteiger partial charge in [-0.25, -0.2) is 0 Å². The highest BCUT2D eigenvalue weighted by atomic mass is 16.3. The highest BCUT2D eigenvalue weighted by Crippen LogP contribution is 2.30. The molecule has 0 radical (unpaired) electrons. The first kappa shape index (κ1) is 20.7. The van der Waals surface area contributed by atoms with E-state index in [2.05, 4.69) is 40.4 Å². The molecule has 158 valence electrons. The molecule has 0 saturated carbocycles. The third-order valence-corrected chi connectivity index (χ3v) is 5.45. The van der Waals surface area contributed by atoms with E-state index in [-0.39, 0.29) is 0 Å². The molecular formula is C26H28N4O. The van der Waals surface area contributed by atoms with Crippen molar-refractivity contribution in [2.75, 3.05) is 23.7 Å². The second-order valence-corrected chi connectivity index (χ2v) is 7.51. The lowest BCUT2D eigenvalue weighted by molar-refractivity contribution is 0.291. The number of benzene rings is 3. The number of para-hydroxylation sites is 1. The zero-order valence-corrected chi connectivity index (χ0v) is 18.0. The van der Waals surface area contributed by atoms with Gasteiger partial charge in [0, 0.05) is 46.4 Å². The van der Waals surface area contributed by atoms with E-state index in [1.807, 2.05) is 66.9 Å². The molecular weight excluding hydrogens is 384 g/mol. The summed E-state index contributed by atoms with van der Waals surface area (Å²) in [6.07, 6.45) is 1.81. The average molecular weight is 413 g/mol. The van der Waals surface area contributed by atoms with E-state index < -0.39 is 0 Å². The van der Waals surface area contributed by atoms with Gasteiger partial charge in [0.2, 0.25) is 0 Å². The smallest absolute Gasteiger partial charge is 0.120 e. The first-order valence-electron chi connectivity index (χ1n) is 10.7. The van der Waals surface area contributed by atoms with E-state index in [1.165, 1.54) is 0 Å². The van der Waals surface area contributed by atoms with Gasteiger partial charge in [0.05, 0.1) is 5.52 Å². The number of hydrogen-bond acceptors (Lipinski definition) is 5. The minimum atomic E-state index is 0.325. The molecule has 0 spiro atoms. The van der Waals surface area contributed by atoms with Crippen molar-refractivity contribution in [3.63, 3.8) is 0 Å². The Morgan fingerprint density at radius 1 is 0.806 bits per heavy atom. The summed E-state index contributed by atoms with van der Waals surface area (Å²) in [7, 11) is 0. The van der Waals surface area contributed by atoms with Gasteiger partial charge in [0.25, 0.3) is 0 Å². The number of anilines is 4. The zero-order chi connectivity index (χ0) is 21.6. The molecule has 4 rings (SSSR count). The predicted octanol–water partition coefficient (Wildman–Crippen LogP) is 6.27. The lowest BCUT2D eigenvalue weighted by Crippen LogP contribution is -2.22. The van der Waals surface area contributed by atoms with Crippen molar-refractivity contribution in [1.82, 2.24) is 9.88 Å². The van der Waals surface area contributed by atoms with Crippen molar-refractivity contribution in [3.8, 4) is 5.75 Å². The Morgan fingerprint density at radius 3 is 2.32 bits per heavy atom. The zero-order valence-electron chi connectivity index (χ0n) is 18.0. The molecule has 5 heteroatoms. The summed E-state index contributed by atoms with van der Waals surface area (Å²) in [5, 5.41) is 18.3. The average Bonchev–Trinajstić information content (AvgIpc) is 2.80. The van der Waals surface area contributed by atoms with Crippen LogP contribution < -0.4 is 10.6 Å². The minimum absolute atomic E-state index is 0.325. The Bertz CT molecular complexity index is 1160. The number of aromatic nitrogens is 1. The Balaban J connectivity index is 1.63. The van der Waals surface area contributed by atoms with Gasteiger partial charge in [0.15, 0.2) is 0 Å². The lowest BCUT2D eigenvalue weighted by atomic mass is 10.1. The molecule has 1 aromatic heterocycles. The first-order valence-corrected chi connectivity index (χ1v) is 10.7. The van der Waals surface area contributed by atoms with Crippen molar-refractivity contribution >= 4 is 33.7 Å². The van der Waals surface area contributed by atoms with Crippen LogP contribution in [0.2, 0.25) is 0 Å². The number of nitrogens with one attached hydrogen (secondary N) is 2. The molecule has 0 atom stereocenters. The summed E-state index contributed by atoms with van der Waals surface area (Å²) >= 11 is 0. The summed E-state index contributed by atoms with van der Waals surface area (Å²) in [6.45, 7) is 6.87. The molecule has 0 aliphatic carbocycles. The first-order chi connectivity index (χ1) is 15.2. The van der Waals surface area contributed by atoms with Gasteiger partial charge in [-0.05, 0) is 67.7 Å². The fourth-order valence-corrected chi connectivity index (χ4v) is 3.65. The maximum atomic E-state index is 10.3. The molecule has 0 saturated heterocycles. The van der Waals surface area contributed by atoms with Crippen molar-refractivity contribution in [1.29, 1.82) is 0 Å². The molecule has 4 aromatic rings. The van der Waals surface area contributed by atoms with Gasteiger partial charge < -0.3 is 15.7 Å². The second-order valence-electron chi connectivity index (χ2n) is 7.51. The molecule has 1 heterocycles. The largest absolute Gasteiger partial charge is 0.508 e. The van der Waals surface area contributed by atoms with Crippen LogP contribution in [0.4, 0.5) is 22.7 Å². The molecule has 0 amide bonds. The van der Waals surface area contributed by atoms with Crippen LogP contribution in [-0.2, 0) is 6.54 Å². The molecule has 3 N–H and O–H groups in total. The van der Waals surface area contributed by atoms with E-state index in [0.29, 0.717) is 5.75 Å². The number of aromatic hydroxyl groups is 1. The fraction of sp³-hybridized carbons (Fsp3) is 0.192. The van der Waals surface area contributed by atoms with Crippen LogP contribution >= 0.6 is 0 Å². The van der Waals surface area contributed by atoms with Crippen LogP contribution in [0.25, 0.3) is 10.9 Å². The maximum Gasteiger partial charge on any atom is 0.120 e. The van der Waals surface area contributed by atoms with Crippen molar-refractivity contribution in [3.05, 3.63) is 84.6 Å². The number of phenolic OH excluding ortho intramolecular Hbond substituents is 1. The topological polar surface area (TPSA) is 60.4 Å². The van der Waals surface area contributed by atoms with Gasteiger partial charge in [-0.15, -0.1) is 0 Å². The number of pyridine rings is 1. The third kappa shape index (κ3) is 4.95. The van der Waals surface area contributed by atoms with Crippen molar-refractivity contribution in [2.24, 2.45) is 0 Å². The quantitative estimate of drug-likeness (QED) is 0.298. The Hall–Kier alpha value is -3.57. The van der Waals surface area contributed by atoms with Gasteiger partial charge in [-0.2, -0.15) is 0 Å². The third-order valence-electron chi connectivity index (χ3n) is 5.45. The summed E-state index contributed by atoms with van der Waals surface area (Å²) < 4.78 is 0. The summed E-state index contributed by atoms with van der Waals surface area (Å²) in [4.78, 5) is 6.79. The lowest BCUT2D eigenvalue weighted by Gasteiger charge is -2.19. The van der Waals surface area contributed by atoms with Crippen LogP contribution in [0.1, 0.15) is 19.4 Å². The van der Waals surface area contributed by atoms with Gasteiger partial charge in [-0.3, -0.25) is 9.88 Å². The Labute approximate surface area is 183 Å². The molecule has 0 unspecified atom stereocenters. The number of hydrogen-bond donors (Lipinski definition) is 3. The van der Waals surface area contributed by atoms with E-state index in [1.54, 1.807) is 6.07 Å². The Kier molecular flexibility index (Phi) is 6.34. The van der Waals surface area contributed by atoms with Gasteiger partial charge >= 0.3 is 0 Å². The monoisotopic (exact) mass is 412 g/mol. The SMILES string of the molecule is CCN(CC)Cc1cc(Nc2ccnc3ccc(Nc4ccccc4)cc23)ccc1O. The van der Waals surface area contributed by atoms with Crippen molar-refractivity contribution < 1.29 is 5.11 Å². The van der Waals surface area contributed by atoms with Gasteiger partial charge in [0.1, 0.15) is 5.75 Å². The molecule has 0 aliphatic heterocycles. The van der Waals surface area contributed by atoms with E-state index in [4.69, 9.17) is 0 Å². The maximum absolute atomic E-state index is 10.3. The standard InChI is InChI=1S/C26H28N4O/c1-3-30(4-2)18-19-16-21(11-13-26(19)31)29-25-14-15-27-24-12-10-22(17-23(24)25)28-20-8-6-5-7-9-20/h5-17,28,31H,3-4,18H2,1-2H3,(H,27,29). The predicted molar refractivity (Wildman–Crippen MR) is 129 cm³/mol. The summed E-state index contributed by atoms with van der Waals surface area (Å²) in [6, 6.07) is 23.9. The van der Waals surface area contributed by atoms with Crippen molar-refractivity contribution in [2.45, 2.75) is 20.4 Å². The Morgan fingerprint density at radius 2 is 1.55 bits per heavy atom. The molecule has 0 bridgehead atoms. The highest BCUT2D eigenvalue weighted by Gasteiger charge is 2.09. The van der Waals surface area contributed by atoms with Crippen LogP contribution in [0, 0.1) is 0 Å². The number of nitrogens with zero attached hydrogens (tertiary/aromatic N) is 2. The van der Waals surface area contributed by atoms with Crippen LogP contribution in [0.5, 0.6) is 5.75 Å². The number of fused-ring (bicyclic) bond motifs is 1. The fourth-order valence-electron chi connectivity index (χ4n) is 3.65. The molecule has 5 nitrogen and oxygen atoms in total. The number of rotatable bonds is 8. The summed E-state index contributed by atoms with van der Waals surface area (Å²) in [5.41, 5.74) is 5.79. The van der Waals surface area contributed by atoms with E-state index >= 15 is 0 Å². The van der Waals surface area contributed by atoms with Crippen LogP contribution in [0.3, 0.4) is 0 Å². The molecule has 0 aliphatic rings. The normalized spacial score (nSPS) is 11.1.